The molecule has 0 aliphatic heterocycles. The van der Waals surface area contributed by atoms with E-state index < -0.39 is 0 Å². The summed E-state index contributed by atoms with van der Waals surface area (Å²) < 4.78 is 0. The van der Waals surface area contributed by atoms with E-state index in [-0.39, 0.29) is 5.78 Å². The molecule has 0 fully saturated rings. The Labute approximate surface area is 145 Å². The van der Waals surface area contributed by atoms with Crippen LogP contribution in [0.25, 0.3) is 0 Å². The van der Waals surface area contributed by atoms with Gasteiger partial charge in [-0.3, -0.25) is 4.79 Å². The summed E-state index contributed by atoms with van der Waals surface area (Å²) in [4.78, 5) is 19.2. The van der Waals surface area contributed by atoms with Crippen LogP contribution in [0.3, 0.4) is 0 Å². The lowest BCUT2D eigenvalue weighted by atomic mass is 9.95. The third-order valence-corrected chi connectivity index (χ3v) is 4.44. The average molecular weight is 322 g/mol. The van der Waals surface area contributed by atoms with E-state index in [9.17, 15) is 4.79 Å². The van der Waals surface area contributed by atoms with Crippen molar-refractivity contribution in [3.63, 3.8) is 0 Å². The van der Waals surface area contributed by atoms with Crippen molar-refractivity contribution in [2.75, 3.05) is 13.6 Å². The molecule has 0 spiro atoms. The van der Waals surface area contributed by atoms with Crippen LogP contribution in [-0.2, 0) is 6.42 Å². The highest BCUT2D eigenvalue weighted by Crippen LogP contribution is 2.25. The lowest BCUT2D eigenvalue weighted by molar-refractivity contribution is 0.0992. The van der Waals surface area contributed by atoms with E-state index in [1.54, 1.807) is 0 Å². The zero-order chi connectivity index (χ0) is 17.7. The number of rotatable bonds is 6. The van der Waals surface area contributed by atoms with E-state index in [0.29, 0.717) is 6.42 Å². The molecule has 0 heterocycles. The number of carbonyl (C=O) groups excluding carboxylic acids is 1. The summed E-state index contributed by atoms with van der Waals surface area (Å²) in [6.07, 6.45) is 2.26. The van der Waals surface area contributed by atoms with Gasteiger partial charge in [-0.15, -0.1) is 0 Å². The molecule has 0 unspecified atom stereocenters. The van der Waals surface area contributed by atoms with Crippen molar-refractivity contribution < 1.29 is 4.79 Å². The Morgan fingerprint density at radius 1 is 1.04 bits per heavy atom. The van der Waals surface area contributed by atoms with Crippen molar-refractivity contribution in [3.8, 4) is 0 Å². The van der Waals surface area contributed by atoms with Gasteiger partial charge < -0.3 is 4.90 Å². The topological polar surface area (TPSA) is 32.7 Å². The molecule has 0 atom stereocenters. The number of ketones is 1. The Hall–Kier alpha value is -2.42. The molecule has 3 heteroatoms. The molecule has 0 saturated carbocycles. The Morgan fingerprint density at radius 2 is 1.71 bits per heavy atom. The third kappa shape index (κ3) is 4.31. The molecular weight excluding hydrogens is 296 g/mol. The van der Waals surface area contributed by atoms with Crippen LogP contribution in [0.1, 0.15) is 39.5 Å². The lowest BCUT2D eigenvalue weighted by Crippen LogP contribution is -2.14. The molecule has 0 aliphatic rings. The summed E-state index contributed by atoms with van der Waals surface area (Å²) >= 11 is 0. The largest absolute Gasteiger partial charge is 0.366 e. The van der Waals surface area contributed by atoms with Gasteiger partial charge in [0.15, 0.2) is 5.78 Å². The average Bonchev–Trinajstić information content (AvgIpc) is 2.57. The van der Waals surface area contributed by atoms with Crippen molar-refractivity contribution in [1.29, 1.82) is 0 Å². The Kier molecular flexibility index (Phi) is 5.91. The van der Waals surface area contributed by atoms with Gasteiger partial charge in [0.1, 0.15) is 0 Å². The standard InChI is InChI=1S/C21H26N2O/c1-6-23(5)14-22-20-12-11-19(16(3)17(20)4)21(24)13-18-9-7-15(2)8-10-18/h7-12,14H,6,13H2,1-5H3. The number of benzene rings is 2. The SMILES string of the molecule is CCN(C)C=Nc1ccc(C(=O)Cc2ccc(C)cc2)c(C)c1C. The van der Waals surface area contributed by atoms with Crippen molar-refractivity contribution >= 4 is 17.8 Å². The first-order valence-electron chi connectivity index (χ1n) is 8.35. The van der Waals surface area contributed by atoms with Crippen LogP contribution in [0, 0.1) is 20.8 Å². The summed E-state index contributed by atoms with van der Waals surface area (Å²) in [6.45, 7) is 9.07. The second-order valence-electron chi connectivity index (χ2n) is 6.29. The molecule has 0 N–H and O–H groups in total. The molecule has 2 aromatic rings. The minimum absolute atomic E-state index is 0.153. The molecular formula is C21H26N2O. The summed E-state index contributed by atoms with van der Waals surface area (Å²) in [5.41, 5.74) is 6.04. The molecule has 2 aromatic carbocycles. The van der Waals surface area contributed by atoms with E-state index in [1.807, 2.05) is 75.5 Å². The number of nitrogens with zero attached hydrogens (tertiary/aromatic N) is 2. The number of aliphatic imine (C=N–C) groups is 1. The van der Waals surface area contributed by atoms with E-state index >= 15 is 0 Å². The second-order valence-corrected chi connectivity index (χ2v) is 6.29. The van der Waals surface area contributed by atoms with Crippen LogP contribution < -0.4 is 0 Å². The van der Waals surface area contributed by atoms with Crippen molar-refractivity contribution in [3.05, 3.63) is 64.2 Å². The normalized spacial score (nSPS) is 11.0. The highest BCUT2D eigenvalue weighted by molar-refractivity contribution is 5.99. The monoisotopic (exact) mass is 322 g/mol. The van der Waals surface area contributed by atoms with Crippen molar-refractivity contribution in [1.82, 2.24) is 4.90 Å². The molecule has 0 saturated heterocycles. The van der Waals surface area contributed by atoms with Gasteiger partial charge in [0.25, 0.3) is 0 Å². The first kappa shape index (κ1) is 17.9. The highest BCUT2D eigenvalue weighted by atomic mass is 16.1. The number of carbonyl (C=O) groups is 1. The molecule has 3 nitrogen and oxygen atoms in total. The van der Waals surface area contributed by atoms with Crippen molar-refractivity contribution in [2.24, 2.45) is 4.99 Å². The van der Waals surface area contributed by atoms with Crippen LogP contribution in [0.4, 0.5) is 5.69 Å². The van der Waals surface area contributed by atoms with Gasteiger partial charge in [-0.1, -0.05) is 29.8 Å². The van der Waals surface area contributed by atoms with E-state index in [0.717, 1.165) is 34.5 Å². The van der Waals surface area contributed by atoms with Crippen LogP contribution in [-0.4, -0.2) is 30.6 Å². The fourth-order valence-corrected chi connectivity index (χ4v) is 2.48. The first-order valence-corrected chi connectivity index (χ1v) is 8.35. The van der Waals surface area contributed by atoms with Gasteiger partial charge in [0.05, 0.1) is 12.0 Å². The number of hydrogen-bond acceptors (Lipinski definition) is 2. The second kappa shape index (κ2) is 7.91. The molecule has 0 aromatic heterocycles. The fraction of sp³-hybridized carbons (Fsp3) is 0.333. The van der Waals surface area contributed by atoms with Gasteiger partial charge in [0, 0.05) is 25.6 Å². The quantitative estimate of drug-likeness (QED) is 0.440. The highest BCUT2D eigenvalue weighted by Gasteiger charge is 2.13. The maximum Gasteiger partial charge on any atom is 0.167 e. The van der Waals surface area contributed by atoms with Crippen molar-refractivity contribution in [2.45, 2.75) is 34.1 Å². The molecule has 126 valence electrons. The van der Waals surface area contributed by atoms with Gasteiger partial charge in [0.2, 0.25) is 0 Å². The minimum atomic E-state index is 0.153. The van der Waals surface area contributed by atoms with Crippen LogP contribution in [0.5, 0.6) is 0 Å². The zero-order valence-electron chi connectivity index (χ0n) is 15.3. The summed E-state index contributed by atoms with van der Waals surface area (Å²) in [5, 5.41) is 0. The van der Waals surface area contributed by atoms with Gasteiger partial charge in [-0.05, 0) is 56.5 Å². The zero-order valence-corrected chi connectivity index (χ0v) is 15.3. The molecule has 0 aliphatic carbocycles. The van der Waals surface area contributed by atoms with Gasteiger partial charge >= 0.3 is 0 Å². The molecule has 0 bridgehead atoms. The Morgan fingerprint density at radius 3 is 2.33 bits per heavy atom. The first-order chi connectivity index (χ1) is 11.4. The van der Waals surface area contributed by atoms with E-state index in [4.69, 9.17) is 0 Å². The maximum atomic E-state index is 12.6. The van der Waals surface area contributed by atoms with E-state index in [1.165, 1.54) is 5.56 Å². The fourth-order valence-electron chi connectivity index (χ4n) is 2.48. The summed E-state index contributed by atoms with van der Waals surface area (Å²) in [5.74, 6) is 0.153. The Bertz CT molecular complexity index is 745. The molecule has 0 radical (unpaired) electrons. The molecule has 24 heavy (non-hydrogen) atoms. The summed E-state index contributed by atoms with van der Waals surface area (Å²) in [6, 6.07) is 12.0. The van der Waals surface area contributed by atoms with Crippen LogP contribution in [0.2, 0.25) is 0 Å². The summed E-state index contributed by atoms with van der Waals surface area (Å²) in [7, 11) is 1.99. The molecule has 2 rings (SSSR count). The number of hydrogen-bond donors (Lipinski definition) is 0. The minimum Gasteiger partial charge on any atom is -0.366 e. The van der Waals surface area contributed by atoms with Crippen LogP contribution >= 0.6 is 0 Å². The van der Waals surface area contributed by atoms with Crippen LogP contribution in [0.15, 0.2) is 41.4 Å². The predicted molar refractivity (Wildman–Crippen MR) is 102 cm³/mol. The lowest BCUT2D eigenvalue weighted by Gasteiger charge is -2.12. The van der Waals surface area contributed by atoms with E-state index in [2.05, 4.69) is 11.9 Å². The number of aryl methyl sites for hydroxylation is 1. The third-order valence-electron chi connectivity index (χ3n) is 4.44. The predicted octanol–water partition coefficient (Wildman–Crippen LogP) is 4.65. The molecule has 0 amide bonds. The number of Topliss-reactive ketones (excluding diaryl/α,β-unsaturated/α-hetero) is 1. The van der Waals surface area contributed by atoms with Gasteiger partial charge in [-0.2, -0.15) is 0 Å². The Balaban J connectivity index is 2.22. The maximum absolute atomic E-state index is 12.6. The smallest absolute Gasteiger partial charge is 0.167 e. The van der Waals surface area contributed by atoms with Gasteiger partial charge in [-0.25, -0.2) is 4.99 Å².